The minimum absolute atomic E-state index is 0.0823. The first-order valence-corrected chi connectivity index (χ1v) is 7.92. The normalized spacial score (nSPS) is 25.6. The molecule has 2 aliphatic rings. The van der Waals surface area contributed by atoms with Crippen LogP contribution in [0.1, 0.15) is 18.1 Å². The third-order valence-electron chi connectivity index (χ3n) is 4.15. The fraction of sp³-hybridized carbons (Fsp3) is 0.533. The zero-order valence-electron chi connectivity index (χ0n) is 11.9. The van der Waals surface area contributed by atoms with Gasteiger partial charge in [-0.3, -0.25) is 4.79 Å². The number of carbonyl (C=O) groups is 1. The number of rotatable bonds is 1. The molecule has 0 saturated carbocycles. The molecule has 1 aromatic carbocycles. The van der Waals surface area contributed by atoms with Crippen LogP contribution in [0.4, 0.5) is 0 Å². The lowest BCUT2D eigenvalue weighted by molar-refractivity contribution is -0.140. The number of nitrogens with one attached hydrogen (secondary N) is 1. The van der Waals surface area contributed by atoms with Crippen LogP contribution in [0.5, 0.6) is 0 Å². The Hall–Kier alpha value is -0.810. The Morgan fingerprint density at radius 3 is 3.00 bits per heavy atom. The quantitative estimate of drug-likeness (QED) is 0.859. The van der Waals surface area contributed by atoms with Crippen molar-refractivity contribution < 1.29 is 9.53 Å². The second-order valence-electron chi connectivity index (χ2n) is 5.54. The van der Waals surface area contributed by atoms with E-state index in [4.69, 9.17) is 27.9 Å². The van der Waals surface area contributed by atoms with Gasteiger partial charge in [-0.25, -0.2) is 0 Å². The summed E-state index contributed by atoms with van der Waals surface area (Å²) in [6, 6.07) is 3.40. The molecule has 1 aromatic rings. The summed E-state index contributed by atoms with van der Waals surface area (Å²) in [6.07, 6.45) is 0.678. The molecule has 1 fully saturated rings. The first-order valence-electron chi connectivity index (χ1n) is 7.17. The molecule has 0 aliphatic carbocycles. The Bertz CT molecular complexity index is 565. The number of nitrogens with zero attached hydrogens (tertiary/aromatic N) is 1. The maximum atomic E-state index is 12.7. The standard InChI is InChI=1S/C15H18Cl2N2O2/c1-9-14(18-3-5-21-9)15(20)19-4-2-10-6-11(16)7-13(17)12(10)8-19/h6-7,9,14,18H,2-5,8H2,1H3/t9-,14+/m1/s1. The zero-order chi connectivity index (χ0) is 15.0. The minimum Gasteiger partial charge on any atom is -0.375 e. The van der Waals surface area contributed by atoms with Crippen LogP contribution in [0.2, 0.25) is 10.0 Å². The highest BCUT2D eigenvalue weighted by Crippen LogP contribution is 2.30. The summed E-state index contributed by atoms with van der Waals surface area (Å²) in [5, 5.41) is 4.53. The maximum Gasteiger partial charge on any atom is 0.242 e. The first-order chi connectivity index (χ1) is 10.1. The summed E-state index contributed by atoms with van der Waals surface area (Å²) in [5.41, 5.74) is 2.14. The van der Waals surface area contributed by atoms with Gasteiger partial charge < -0.3 is 15.0 Å². The van der Waals surface area contributed by atoms with E-state index in [2.05, 4.69) is 5.32 Å². The van der Waals surface area contributed by atoms with Crippen LogP contribution in [0.3, 0.4) is 0 Å². The van der Waals surface area contributed by atoms with E-state index in [9.17, 15) is 4.79 Å². The fourth-order valence-corrected chi connectivity index (χ4v) is 3.57. The van der Waals surface area contributed by atoms with Gasteiger partial charge in [0.15, 0.2) is 0 Å². The number of hydrogen-bond acceptors (Lipinski definition) is 3. The van der Waals surface area contributed by atoms with Crippen molar-refractivity contribution >= 4 is 29.1 Å². The average molecular weight is 329 g/mol. The third-order valence-corrected chi connectivity index (χ3v) is 4.70. The molecule has 0 radical (unpaired) electrons. The van der Waals surface area contributed by atoms with E-state index in [0.29, 0.717) is 36.3 Å². The molecule has 0 unspecified atom stereocenters. The van der Waals surface area contributed by atoms with Crippen LogP contribution in [0, 0.1) is 0 Å². The van der Waals surface area contributed by atoms with Gasteiger partial charge in [-0.05, 0) is 36.6 Å². The van der Waals surface area contributed by atoms with E-state index >= 15 is 0 Å². The highest BCUT2D eigenvalue weighted by Gasteiger charge is 2.33. The molecule has 1 amide bonds. The van der Waals surface area contributed by atoms with Gasteiger partial charge in [0.1, 0.15) is 6.04 Å². The van der Waals surface area contributed by atoms with Gasteiger partial charge in [0.2, 0.25) is 5.91 Å². The number of morpholine rings is 1. The first kappa shape index (κ1) is 15.1. The van der Waals surface area contributed by atoms with Gasteiger partial charge in [0.25, 0.3) is 0 Å². The lowest BCUT2D eigenvalue weighted by atomic mass is 9.98. The lowest BCUT2D eigenvalue weighted by Gasteiger charge is -2.36. The monoisotopic (exact) mass is 328 g/mol. The van der Waals surface area contributed by atoms with Crippen molar-refractivity contribution in [3.8, 4) is 0 Å². The van der Waals surface area contributed by atoms with Gasteiger partial charge in [0, 0.05) is 29.7 Å². The molecule has 2 aliphatic heterocycles. The summed E-state index contributed by atoms with van der Waals surface area (Å²) >= 11 is 12.3. The summed E-state index contributed by atoms with van der Waals surface area (Å²) in [7, 11) is 0. The molecule has 0 bridgehead atoms. The fourth-order valence-electron chi connectivity index (χ4n) is 2.98. The number of carbonyl (C=O) groups excluding carboxylic acids is 1. The van der Waals surface area contributed by atoms with Crippen molar-refractivity contribution in [2.45, 2.75) is 32.0 Å². The number of ether oxygens (including phenoxy) is 1. The van der Waals surface area contributed by atoms with Crippen molar-refractivity contribution in [1.82, 2.24) is 10.2 Å². The number of hydrogen-bond donors (Lipinski definition) is 1. The molecule has 21 heavy (non-hydrogen) atoms. The Morgan fingerprint density at radius 1 is 1.43 bits per heavy atom. The second-order valence-corrected chi connectivity index (χ2v) is 6.39. The van der Waals surface area contributed by atoms with Crippen molar-refractivity contribution in [3.63, 3.8) is 0 Å². The molecule has 0 aromatic heterocycles. The van der Waals surface area contributed by atoms with E-state index < -0.39 is 0 Å². The van der Waals surface area contributed by atoms with Gasteiger partial charge in [-0.1, -0.05) is 23.2 Å². The molecule has 6 heteroatoms. The highest BCUT2D eigenvalue weighted by molar-refractivity contribution is 6.35. The molecular formula is C15H18Cl2N2O2. The zero-order valence-corrected chi connectivity index (χ0v) is 13.4. The van der Waals surface area contributed by atoms with Crippen molar-refractivity contribution in [2.24, 2.45) is 0 Å². The molecule has 2 heterocycles. The molecular weight excluding hydrogens is 311 g/mol. The molecule has 4 nitrogen and oxygen atoms in total. The van der Waals surface area contributed by atoms with Crippen LogP contribution >= 0.6 is 23.2 Å². The van der Waals surface area contributed by atoms with E-state index in [1.54, 1.807) is 6.07 Å². The molecule has 114 valence electrons. The number of halogens is 2. The van der Waals surface area contributed by atoms with Crippen LogP contribution in [-0.2, 0) is 22.5 Å². The van der Waals surface area contributed by atoms with Gasteiger partial charge >= 0.3 is 0 Å². The van der Waals surface area contributed by atoms with E-state index in [1.165, 1.54) is 0 Å². The molecule has 2 atom stereocenters. The average Bonchev–Trinajstić information content (AvgIpc) is 2.46. The number of fused-ring (bicyclic) bond motifs is 1. The van der Waals surface area contributed by atoms with Crippen molar-refractivity contribution in [3.05, 3.63) is 33.3 Å². The number of amides is 1. The third kappa shape index (κ3) is 3.04. The van der Waals surface area contributed by atoms with E-state index in [1.807, 2.05) is 17.9 Å². The summed E-state index contributed by atoms with van der Waals surface area (Å²) in [5.74, 6) is 0.0823. The summed E-state index contributed by atoms with van der Waals surface area (Å²) < 4.78 is 5.56. The molecule has 3 rings (SSSR count). The molecule has 0 spiro atoms. The van der Waals surface area contributed by atoms with Gasteiger partial charge in [-0.2, -0.15) is 0 Å². The van der Waals surface area contributed by atoms with Crippen LogP contribution in [-0.4, -0.2) is 42.6 Å². The lowest BCUT2D eigenvalue weighted by Crippen LogP contribution is -2.57. The van der Waals surface area contributed by atoms with Gasteiger partial charge in [-0.15, -0.1) is 0 Å². The van der Waals surface area contributed by atoms with E-state index in [-0.39, 0.29) is 18.1 Å². The highest BCUT2D eigenvalue weighted by atomic mass is 35.5. The molecule has 1 N–H and O–H groups in total. The van der Waals surface area contributed by atoms with E-state index in [0.717, 1.165) is 17.5 Å². The van der Waals surface area contributed by atoms with Crippen LogP contribution in [0.25, 0.3) is 0 Å². The second kappa shape index (κ2) is 6.13. The van der Waals surface area contributed by atoms with Crippen molar-refractivity contribution in [2.75, 3.05) is 19.7 Å². The topological polar surface area (TPSA) is 41.6 Å². The van der Waals surface area contributed by atoms with Crippen molar-refractivity contribution in [1.29, 1.82) is 0 Å². The van der Waals surface area contributed by atoms with Crippen LogP contribution < -0.4 is 5.32 Å². The minimum atomic E-state index is -0.272. The van der Waals surface area contributed by atoms with Crippen LogP contribution in [0.15, 0.2) is 12.1 Å². The smallest absolute Gasteiger partial charge is 0.242 e. The Balaban J connectivity index is 1.78. The SMILES string of the molecule is C[C@H]1OCCN[C@@H]1C(=O)N1CCc2cc(Cl)cc(Cl)c2C1. The maximum absolute atomic E-state index is 12.7. The molecule has 1 saturated heterocycles. The number of benzene rings is 1. The summed E-state index contributed by atoms with van der Waals surface area (Å²) in [6.45, 7) is 4.52. The largest absolute Gasteiger partial charge is 0.375 e. The Kier molecular flexibility index (Phi) is 4.41. The predicted octanol–water partition coefficient (Wildman–Crippen LogP) is 2.25. The predicted molar refractivity (Wildman–Crippen MR) is 82.8 cm³/mol. The summed E-state index contributed by atoms with van der Waals surface area (Å²) in [4.78, 5) is 14.5. The van der Waals surface area contributed by atoms with Gasteiger partial charge in [0.05, 0.1) is 12.7 Å². The Labute approximate surface area is 134 Å². The Morgan fingerprint density at radius 2 is 2.24 bits per heavy atom.